The number of aliphatic imine (C=N–C) groups is 1. The average molecular weight is 181 g/mol. The Labute approximate surface area is 82.6 Å². The van der Waals surface area contributed by atoms with E-state index in [0.717, 1.165) is 18.4 Å². The molecule has 0 aromatic heterocycles. The van der Waals surface area contributed by atoms with E-state index in [9.17, 15) is 0 Å². The van der Waals surface area contributed by atoms with Crippen LogP contribution in [0.4, 0.5) is 0 Å². The minimum Gasteiger partial charge on any atom is -0.297 e. The summed E-state index contributed by atoms with van der Waals surface area (Å²) in [5.74, 6) is 2.57. The van der Waals surface area contributed by atoms with E-state index in [2.05, 4.69) is 32.0 Å². The Kier molecular flexibility index (Phi) is 4.47. The molecule has 1 saturated carbocycles. The predicted molar refractivity (Wildman–Crippen MR) is 59.3 cm³/mol. The third-order valence-corrected chi connectivity index (χ3v) is 3.34. The lowest BCUT2D eigenvalue weighted by molar-refractivity contribution is 0.163. The van der Waals surface area contributed by atoms with Crippen LogP contribution in [0.15, 0.2) is 4.99 Å². The van der Waals surface area contributed by atoms with Crippen LogP contribution in [0.25, 0.3) is 0 Å². The van der Waals surface area contributed by atoms with Crippen molar-refractivity contribution in [1.29, 1.82) is 0 Å². The summed E-state index contributed by atoms with van der Waals surface area (Å²) in [4.78, 5) is 4.47. The van der Waals surface area contributed by atoms with Gasteiger partial charge in [0.25, 0.3) is 0 Å². The van der Waals surface area contributed by atoms with E-state index in [1.54, 1.807) is 0 Å². The second kappa shape index (κ2) is 5.41. The first kappa shape index (κ1) is 10.7. The lowest BCUT2D eigenvalue weighted by Gasteiger charge is -2.37. The highest BCUT2D eigenvalue weighted by Gasteiger charge is 2.30. The van der Waals surface area contributed by atoms with Crippen LogP contribution in [0, 0.1) is 17.8 Å². The first-order valence-corrected chi connectivity index (χ1v) is 5.75. The average Bonchev–Trinajstić information content (AvgIpc) is 2.10. The molecule has 0 amide bonds. The smallest absolute Gasteiger partial charge is 0.0385 e. The van der Waals surface area contributed by atoms with Gasteiger partial charge in [-0.2, -0.15) is 0 Å². The Bertz CT molecular complexity index is 163. The molecule has 76 valence electrons. The molecule has 0 radical (unpaired) electrons. The van der Waals surface area contributed by atoms with E-state index in [-0.39, 0.29) is 0 Å². The molecule has 0 heterocycles. The van der Waals surface area contributed by atoms with Gasteiger partial charge >= 0.3 is 0 Å². The van der Waals surface area contributed by atoms with Crippen molar-refractivity contribution in [2.24, 2.45) is 22.7 Å². The molecule has 1 heteroatoms. The summed E-state index contributed by atoms with van der Waals surface area (Å²) in [5.41, 5.74) is 0. The number of unbranched alkanes of at least 4 members (excludes halogenated alkanes) is 1. The Hall–Kier alpha value is -0.330. The second-order valence-electron chi connectivity index (χ2n) is 4.49. The lowest BCUT2D eigenvalue weighted by atomic mass is 9.69. The molecule has 0 bridgehead atoms. The summed E-state index contributed by atoms with van der Waals surface area (Å²) in [6.45, 7) is 7.93. The van der Waals surface area contributed by atoms with E-state index < -0.39 is 0 Å². The van der Waals surface area contributed by atoms with Crippen LogP contribution in [0.1, 0.15) is 46.5 Å². The number of hydrogen-bond donors (Lipinski definition) is 0. The van der Waals surface area contributed by atoms with Crippen molar-refractivity contribution in [2.45, 2.75) is 46.5 Å². The molecule has 0 N–H and O–H groups in total. The molecule has 1 nitrogen and oxygen atoms in total. The molecule has 13 heavy (non-hydrogen) atoms. The predicted octanol–water partition coefficient (Wildman–Crippen LogP) is 3.54. The third kappa shape index (κ3) is 3.13. The fourth-order valence-corrected chi connectivity index (χ4v) is 2.07. The molecule has 0 aromatic rings. The van der Waals surface area contributed by atoms with Crippen molar-refractivity contribution in [1.82, 2.24) is 0 Å². The maximum atomic E-state index is 4.47. The van der Waals surface area contributed by atoms with Crippen LogP contribution in [0.5, 0.6) is 0 Å². The Balaban J connectivity index is 2.16. The number of hydrogen-bond acceptors (Lipinski definition) is 1. The van der Waals surface area contributed by atoms with Crippen LogP contribution in [-0.4, -0.2) is 12.8 Å². The van der Waals surface area contributed by atoms with Gasteiger partial charge in [-0.3, -0.25) is 4.99 Å². The highest BCUT2D eigenvalue weighted by atomic mass is 14.7. The van der Waals surface area contributed by atoms with Crippen LogP contribution in [-0.2, 0) is 0 Å². The molecule has 0 aliphatic heterocycles. The van der Waals surface area contributed by atoms with Gasteiger partial charge in [-0.25, -0.2) is 0 Å². The van der Waals surface area contributed by atoms with Crippen molar-refractivity contribution in [3.8, 4) is 0 Å². The highest BCUT2D eigenvalue weighted by molar-refractivity contribution is 5.60. The lowest BCUT2D eigenvalue weighted by Crippen LogP contribution is -2.29. The SMILES string of the molecule is CCCCN=CC(C)C1CCC1C. The third-order valence-electron chi connectivity index (χ3n) is 3.34. The maximum Gasteiger partial charge on any atom is 0.0385 e. The van der Waals surface area contributed by atoms with Crippen molar-refractivity contribution >= 4 is 6.21 Å². The van der Waals surface area contributed by atoms with Gasteiger partial charge in [-0.15, -0.1) is 0 Å². The monoisotopic (exact) mass is 181 g/mol. The normalized spacial score (nSPS) is 30.4. The number of rotatable bonds is 5. The summed E-state index contributed by atoms with van der Waals surface area (Å²) in [5, 5.41) is 0. The van der Waals surface area contributed by atoms with E-state index in [4.69, 9.17) is 0 Å². The fourth-order valence-electron chi connectivity index (χ4n) is 2.07. The van der Waals surface area contributed by atoms with Gasteiger partial charge in [0.15, 0.2) is 0 Å². The van der Waals surface area contributed by atoms with Crippen LogP contribution >= 0.6 is 0 Å². The summed E-state index contributed by atoms with van der Waals surface area (Å²) in [6.07, 6.45) is 7.53. The van der Waals surface area contributed by atoms with Gasteiger partial charge in [0.1, 0.15) is 0 Å². The van der Waals surface area contributed by atoms with Gasteiger partial charge in [0, 0.05) is 12.8 Å². The Morgan fingerprint density at radius 1 is 1.46 bits per heavy atom. The molecule has 0 saturated heterocycles. The minimum absolute atomic E-state index is 0.709. The Morgan fingerprint density at radius 2 is 2.23 bits per heavy atom. The van der Waals surface area contributed by atoms with Gasteiger partial charge in [-0.1, -0.05) is 33.6 Å². The largest absolute Gasteiger partial charge is 0.297 e. The molecule has 3 atom stereocenters. The zero-order chi connectivity index (χ0) is 9.68. The first-order chi connectivity index (χ1) is 6.25. The summed E-state index contributed by atoms with van der Waals surface area (Å²) < 4.78 is 0. The van der Waals surface area contributed by atoms with Crippen molar-refractivity contribution in [3.05, 3.63) is 0 Å². The zero-order valence-corrected chi connectivity index (χ0v) is 9.29. The molecule has 0 spiro atoms. The van der Waals surface area contributed by atoms with E-state index in [1.807, 2.05) is 0 Å². The molecular weight excluding hydrogens is 158 g/mol. The highest BCUT2D eigenvalue weighted by Crippen LogP contribution is 2.38. The quantitative estimate of drug-likeness (QED) is 0.454. The first-order valence-electron chi connectivity index (χ1n) is 5.75. The van der Waals surface area contributed by atoms with Gasteiger partial charge in [0.2, 0.25) is 0 Å². The number of nitrogens with zero attached hydrogens (tertiary/aromatic N) is 1. The van der Waals surface area contributed by atoms with Gasteiger partial charge < -0.3 is 0 Å². The second-order valence-corrected chi connectivity index (χ2v) is 4.49. The fraction of sp³-hybridized carbons (Fsp3) is 0.917. The van der Waals surface area contributed by atoms with Crippen molar-refractivity contribution < 1.29 is 0 Å². The maximum absolute atomic E-state index is 4.47. The molecule has 3 unspecified atom stereocenters. The zero-order valence-electron chi connectivity index (χ0n) is 9.29. The topological polar surface area (TPSA) is 12.4 Å². The minimum atomic E-state index is 0.709. The molecule has 0 aromatic carbocycles. The standard InChI is InChI=1S/C12H23N/c1-4-5-8-13-9-11(3)12-7-6-10(12)2/h9-12H,4-8H2,1-3H3. The molecule has 1 rings (SSSR count). The molecule has 1 aliphatic carbocycles. The van der Waals surface area contributed by atoms with Crippen LogP contribution in [0.3, 0.4) is 0 Å². The summed E-state index contributed by atoms with van der Waals surface area (Å²) in [7, 11) is 0. The summed E-state index contributed by atoms with van der Waals surface area (Å²) >= 11 is 0. The Morgan fingerprint density at radius 3 is 2.69 bits per heavy atom. The summed E-state index contributed by atoms with van der Waals surface area (Å²) in [6, 6.07) is 0. The van der Waals surface area contributed by atoms with Crippen LogP contribution in [0.2, 0.25) is 0 Å². The van der Waals surface area contributed by atoms with E-state index in [1.165, 1.54) is 25.7 Å². The van der Waals surface area contributed by atoms with E-state index >= 15 is 0 Å². The van der Waals surface area contributed by atoms with Crippen molar-refractivity contribution in [2.75, 3.05) is 6.54 Å². The molecular formula is C12H23N. The van der Waals surface area contributed by atoms with Crippen molar-refractivity contribution in [3.63, 3.8) is 0 Å². The van der Waals surface area contributed by atoms with Gasteiger partial charge in [0.05, 0.1) is 0 Å². The van der Waals surface area contributed by atoms with Crippen LogP contribution < -0.4 is 0 Å². The van der Waals surface area contributed by atoms with E-state index in [0.29, 0.717) is 5.92 Å². The molecule has 1 aliphatic rings. The van der Waals surface area contributed by atoms with Gasteiger partial charge in [-0.05, 0) is 30.6 Å². The molecule has 1 fully saturated rings.